The highest BCUT2D eigenvalue weighted by molar-refractivity contribution is 7.09. The van der Waals surface area contributed by atoms with Crippen molar-refractivity contribution in [3.8, 4) is 17.0 Å². The molecule has 1 aliphatic rings. The van der Waals surface area contributed by atoms with Gasteiger partial charge in [0.2, 0.25) is 5.91 Å². The van der Waals surface area contributed by atoms with E-state index in [4.69, 9.17) is 4.74 Å². The molecule has 154 valence electrons. The fourth-order valence-corrected chi connectivity index (χ4v) is 3.98. The van der Waals surface area contributed by atoms with Crippen LogP contribution >= 0.6 is 11.3 Å². The summed E-state index contributed by atoms with van der Waals surface area (Å²) < 4.78 is 5.16. The number of ether oxygens (including phenoxy) is 1. The number of thiazole rings is 1. The number of amides is 3. The second-order valence-electron chi connectivity index (χ2n) is 6.93. The van der Waals surface area contributed by atoms with Gasteiger partial charge in [-0.05, 0) is 43.3 Å². The summed E-state index contributed by atoms with van der Waals surface area (Å²) in [7, 11) is 1.60. The number of carbonyl (C=O) groups is 2. The fraction of sp³-hybridized carbons (Fsp3) is 0.227. The molecule has 2 aromatic carbocycles. The number of hydrogen-bond donors (Lipinski definition) is 1. The van der Waals surface area contributed by atoms with Gasteiger partial charge in [0.15, 0.2) is 0 Å². The number of rotatable bonds is 6. The molecule has 8 heteroatoms. The normalized spacial score (nSPS) is 13.6. The van der Waals surface area contributed by atoms with E-state index in [0.29, 0.717) is 18.8 Å². The predicted octanol–water partition coefficient (Wildman–Crippen LogP) is 4.01. The van der Waals surface area contributed by atoms with E-state index >= 15 is 0 Å². The first-order chi connectivity index (χ1) is 14.5. The molecule has 1 aromatic heterocycles. The lowest BCUT2D eigenvalue weighted by Gasteiger charge is -2.18. The van der Waals surface area contributed by atoms with Crippen molar-refractivity contribution >= 4 is 34.6 Å². The van der Waals surface area contributed by atoms with Gasteiger partial charge in [-0.15, -0.1) is 11.3 Å². The van der Waals surface area contributed by atoms with Gasteiger partial charge in [0.25, 0.3) is 0 Å². The van der Waals surface area contributed by atoms with E-state index in [9.17, 15) is 9.59 Å². The SMILES string of the molecule is COc1ccc(N2CCN(CC(=O)Nc3cccc(-c4csc(C)n4)c3)C2=O)cc1. The molecule has 3 amide bonds. The van der Waals surface area contributed by atoms with Gasteiger partial charge in [0, 0.05) is 35.4 Å². The number of carbonyl (C=O) groups excluding carboxylic acids is 2. The zero-order valence-electron chi connectivity index (χ0n) is 16.8. The third-order valence-corrected chi connectivity index (χ3v) is 5.65. The van der Waals surface area contributed by atoms with Crippen LogP contribution in [0.25, 0.3) is 11.3 Å². The lowest BCUT2D eigenvalue weighted by atomic mass is 10.1. The van der Waals surface area contributed by atoms with Crippen molar-refractivity contribution in [3.63, 3.8) is 0 Å². The summed E-state index contributed by atoms with van der Waals surface area (Å²) in [5.74, 6) is 0.503. The highest BCUT2D eigenvalue weighted by Gasteiger charge is 2.30. The maximum atomic E-state index is 12.7. The third-order valence-electron chi connectivity index (χ3n) is 4.87. The molecule has 1 fully saturated rings. The molecule has 1 N–H and O–H groups in total. The zero-order chi connectivity index (χ0) is 21.1. The Bertz CT molecular complexity index is 1060. The number of anilines is 2. The molecule has 7 nitrogen and oxygen atoms in total. The lowest BCUT2D eigenvalue weighted by molar-refractivity contribution is -0.116. The molecule has 30 heavy (non-hydrogen) atoms. The fourth-order valence-electron chi connectivity index (χ4n) is 3.36. The molecule has 0 bridgehead atoms. The van der Waals surface area contributed by atoms with Crippen LogP contribution in [0.2, 0.25) is 0 Å². The first-order valence-electron chi connectivity index (χ1n) is 9.56. The maximum Gasteiger partial charge on any atom is 0.325 e. The summed E-state index contributed by atoms with van der Waals surface area (Å²) in [6, 6.07) is 14.7. The minimum absolute atomic E-state index is 0.00548. The standard InChI is InChI=1S/C22H22N4O3S/c1-15-23-20(14-30-15)16-4-3-5-17(12-16)24-21(27)13-25-10-11-26(22(25)28)18-6-8-19(29-2)9-7-18/h3-9,12,14H,10-11,13H2,1-2H3,(H,24,27). The molecule has 2 heterocycles. The Morgan fingerprint density at radius 1 is 1.20 bits per heavy atom. The summed E-state index contributed by atoms with van der Waals surface area (Å²) in [5.41, 5.74) is 3.30. The van der Waals surface area contributed by atoms with Crippen LogP contribution in [0.15, 0.2) is 53.9 Å². The van der Waals surface area contributed by atoms with Gasteiger partial charge < -0.3 is 15.0 Å². The van der Waals surface area contributed by atoms with E-state index in [-0.39, 0.29) is 18.5 Å². The van der Waals surface area contributed by atoms with Gasteiger partial charge in [-0.3, -0.25) is 9.69 Å². The topological polar surface area (TPSA) is 74.8 Å². The van der Waals surface area contributed by atoms with E-state index in [1.807, 2.05) is 60.8 Å². The largest absolute Gasteiger partial charge is 0.497 e. The summed E-state index contributed by atoms with van der Waals surface area (Å²) in [6.07, 6.45) is 0. The van der Waals surface area contributed by atoms with Crippen molar-refractivity contribution in [1.82, 2.24) is 9.88 Å². The predicted molar refractivity (Wildman–Crippen MR) is 118 cm³/mol. The molecule has 0 aliphatic carbocycles. The van der Waals surface area contributed by atoms with Gasteiger partial charge in [0.05, 0.1) is 17.8 Å². The molecule has 0 unspecified atom stereocenters. The van der Waals surface area contributed by atoms with Crippen molar-refractivity contribution in [2.24, 2.45) is 0 Å². The Hall–Kier alpha value is -3.39. The van der Waals surface area contributed by atoms with E-state index in [2.05, 4.69) is 10.3 Å². The van der Waals surface area contributed by atoms with Crippen molar-refractivity contribution in [1.29, 1.82) is 0 Å². The molecular formula is C22H22N4O3S. The third kappa shape index (κ3) is 4.28. The second kappa shape index (κ2) is 8.54. The molecule has 3 aromatic rings. The molecule has 0 spiro atoms. The molecule has 4 rings (SSSR count). The van der Waals surface area contributed by atoms with E-state index in [1.54, 1.807) is 28.2 Å². The van der Waals surface area contributed by atoms with Gasteiger partial charge in [-0.2, -0.15) is 0 Å². The summed E-state index contributed by atoms with van der Waals surface area (Å²) in [6.45, 7) is 3.00. The van der Waals surface area contributed by atoms with E-state index < -0.39 is 0 Å². The van der Waals surface area contributed by atoms with E-state index in [0.717, 1.165) is 27.7 Å². The highest BCUT2D eigenvalue weighted by Crippen LogP contribution is 2.25. The van der Waals surface area contributed by atoms with Gasteiger partial charge in [-0.25, -0.2) is 9.78 Å². The highest BCUT2D eigenvalue weighted by atomic mass is 32.1. The molecule has 1 saturated heterocycles. The van der Waals surface area contributed by atoms with Gasteiger partial charge in [0.1, 0.15) is 12.3 Å². The Balaban J connectivity index is 1.38. The zero-order valence-corrected chi connectivity index (χ0v) is 17.6. The molecular weight excluding hydrogens is 400 g/mol. The average molecular weight is 423 g/mol. The van der Waals surface area contributed by atoms with Crippen molar-refractivity contribution in [3.05, 3.63) is 58.9 Å². The number of nitrogens with zero attached hydrogens (tertiary/aromatic N) is 3. The Morgan fingerprint density at radius 2 is 2.00 bits per heavy atom. The summed E-state index contributed by atoms with van der Waals surface area (Å²) >= 11 is 1.59. The maximum absolute atomic E-state index is 12.7. The number of aromatic nitrogens is 1. The Morgan fingerprint density at radius 3 is 2.70 bits per heavy atom. The number of urea groups is 1. The molecule has 0 saturated carbocycles. The molecule has 0 radical (unpaired) electrons. The first kappa shape index (κ1) is 19.9. The number of aryl methyl sites for hydroxylation is 1. The first-order valence-corrected chi connectivity index (χ1v) is 10.4. The number of methoxy groups -OCH3 is 1. The van der Waals surface area contributed by atoms with Crippen LogP contribution in [0.3, 0.4) is 0 Å². The van der Waals surface area contributed by atoms with E-state index in [1.165, 1.54) is 0 Å². The van der Waals surface area contributed by atoms with Crippen molar-refractivity contribution < 1.29 is 14.3 Å². The van der Waals surface area contributed by atoms with Gasteiger partial charge in [-0.1, -0.05) is 12.1 Å². The quantitative estimate of drug-likeness (QED) is 0.651. The number of hydrogen-bond acceptors (Lipinski definition) is 5. The smallest absolute Gasteiger partial charge is 0.325 e. The van der Waals surface area contributed by atoms with Gasteiger partial charge >= 0.3 is 6.03 Å². The number of nitrogens with one attached hydrogen (secondary N) is 1. The monoisotopic (exact) mass is 422 g/mol. The van der Waals surface area contributed by atoms with Crippen molar-refractivity contribution in [2.75, 3.05) is 37.0 Å². The Labute approximate surface area is 178 Å². The van der Waals surface area contributed by atoms with Crippen LogP contribution in [0.5, 0.6) is 5.75 Å². The Kier molecular flexibility index (Phi) is 5.67. The minimum atomic E-state index is -0.230. The average Bonchev–Trinajstić information content (AvgIpc) is 3.34. The second-order valence-corrected chi connectivity index (χ2v) is 8.00. The minimum Gasteiger partial charge on any atom is -0.497 e. The summed E-state index contributed by atoms with van der Waals surface area (Å²) in [4.78, 5) is 33.0. The van der Waals surface area contributed by atoms with Crippen LogP contribution in [-0.2, 0) is 4.79 Å². The van der Waals surface area contributed by atoms with Crippen molar-refractivity contribution in [2.45, 2.75) is 6.92 Å². The molecule has 1 aliphatic heterocycles. The van der Waals surface area contributed by atoms with Crippen LogP contribution in [0.1, 0.15) is 5.01 Å². The van der Waals surface area contributed by atoms with Crippen LogP contribution in [-0.4, -0.2) is 48.6 Å². The van der Waals surface area contributed by atoms with Crippen LogP contribution in [0, 0.1) is 6.92 Å². The van der Waals surface area contributed by atoms with Crippen LogP contribution in [0.4, 0.5) is 16.2 Å². The molecule has 0 atom stereocenters. The lowest BCUT2D eigenvalue weighted by Crippen LogP contribution is -2.37. The summed E-state index contributed by atoms with van der Waals surface area (Å²) in [5, 5.41) is 5.87. The van der Waals surface area contributed by atoms with Crippen LogP contribution < -0.4 is 15.0 Å². The number of benzene rings is 2.